The molecule has 0 saturated carbocycles. The highest BCUT2D eigenvalue weighted by Gasteiger charge is 2.10. The van der Waals surface area contributed by atoms with Crippen LogP contribution in [0.15, 0.2) is 48.5 Å². The molecule has 7 heteroatoms. The first-order valence-corrected chi connectivity index (χ1v) is 8.27. The molecule has 0 saturated heterocycles. The number of rotatable bonds is 4. The largest absolute Gasteiger partial charge is 0.456 e. The zero-order chi connectivity index (χ0) is 18.7. The van der Waals surface area contributed by atoms with Gasteiger partial charge < -0.3 is 10.1 Å². The fourth-order valence-electron chi connectivity index (χ4n) is 2.34. The first kappa shape index (κ1) is 18.0. The number of fused-ring (bicyclic) bond motifs is 1. The summed E-state index contributed by atoms with van der Waals surface area (Å²) in [5.41, 5.74) is 2.32. The lowest BCUT2D eigenvalue weighted by molar-refractivity contribution is -0.0598. The number of pyridine rings is 1. The van der Waals surface area contributed by atoms with Crippen molar-refractivity contribution in [2.24, 2.45) is 0 Å². The lowest BCUT2D eigenvalue weighted by Gasteiger charge is -2.15. The highest BCUT2D eigenvalue weighted by molar-refractivity contribution is 6.32. The van der Waals surface area contributed by atoms with Gasteiger partial charge in [0.25, 0.3) is 0 Å². The topological polar surface area (TPSA) is 63.7 Å². The zero-order valence-corrected chi connectivity index (χ0v) is 15.4. The van der Waals surface area contributed by atoms with Crippen LogP contribution in [0.2, 0.25) is 5.02 Å². The molecule has 3 aromatic rings. The van der Waals surface area contributed by atoms with Crippen LogP contribution < -0.4 is 10.1 Å². The molecule has 0 fully saturated rings. The number of urea groups is 1. The molecule has 3 rings (SSSR count). The van der Waals surface area contributed by atoms with E-state index in [1.807, 2.05) is 37.3 Å². The summed E-state index contributed by atoms with van der Waals surface area (Å²) in [7, 11) is 2.91. The maximum atomic E-state index is 11.8. The number of hydroxylamine groups is 2. The molecule has 0 bridgehead atoms. The van der Waals surface area contributed by atoms with Gasteiger partial charge in [-0.2, -0.15) is 0 Å². The van der Waals surface area contributed by atoms with E-state index in [2.05, 4.69) is 10.3 Å². The van der Waals surface area contributed by atoms with E-state index in [1.54, 1.807) is 18.2 Å². The highest BCUT2D eigenvalue weighted by Crippen LogP contribution is 2.32. The Morgan fingerprint density at radius 3 is 2.65 bits per heavy atom. The van der Waals surface area contributed by atoms with Gasteiger partial charge in [-0.1, -0.05) is 17.7 Å². The number of nitrogens with one attached hydrogen (secondary N) is 1. The molecule has 1 heterocycles. The first-order valence-electron chi connectivity index (χ1n) is 7.90. The monoisotopic (exact) mass is 371 g/mol. The van der Waals surface area contributed by atoms with Crippen LogP contribution in [0.5, 0.6) is 11.5 Å². The number of halogens is 1. The molecule has 0 radical (unpaired) electrons. The normalized spacial score (nSPS) is 10.6. The van der Waals surface area contributed by atoms with E-state index >= 15 is 0 Å². The Hall–Kier alpha value is -2.83. The summed E-state index contributed by atoms with van der Waals surface area (Å²) in [4.78, 5) is 21.1. The molecule has 6 nitrogen and oxygen atoms in total. The quantitative estimate of drug-likeness (QED) is 0.654. The number of hydrogen-bond acceptors (Lipinski definition) is 4. The Kier molecular flexibility index (Phi) is 5.25. The molecular weight excluding hydrogens is 354 g/mol. The Bertz CT molecular complexity index is 962. The standard InChI is InChI=1S/C19H18ClN3O3/c1-12-4-5-13-6-8-15(11-17(13)21-12)26-18-9-7-14(10-16(18)20)22-19(24)23(2)25-3/h4-11H,1-3H3,(H,22,24). The van der Waals surface area contributed by atoms with Crippen LogP contribution in [0.3, 0.4) is 0 Å². The van der Waals surface area contributed by atoms with Gasteiger partial charge in [0.15, 0.2) is 0 Å². The van der Waals surface area contributed by atoms with Gasteiger partial charge in [0.1, 0.15) is 11.5 Å². The number of ether oxygens (including phenoxy) is 1. The number of carbonyl (C=O) groups excluding carboxylic acids is 1. The van der Waals surface area contributed by atoms with E-state index in [-0.39, 0.29) is 0 Å². The lowest BCUT2D eigenvalue weighted by atomic mass is 10.2. The summed E-state index contributed by atoms with van der Waals surface area (Å²) in [6.45, 7) is 1.94. The molecule has 2 amide bonds. The summed E-state index contributed by atoms with van der Waals surface area (Å²) < 4.78 is 5.87. The van der Waals surface area contributed by atoms with Gasteiger partial charge in [-0.3, -0.25) is 9.82 Å². The minimum absolute atomic E-state index is 0.375. The maximum absolute atomic E-state index is 11.8. The summed E-state index contributed by atoms with van der Waals surface area (Å²) in [6.07, 6.45) is 0. The predicted molar refractivity (Wildman–Crippen MR) is 102 cm³/mol. The minimum atomic E-state index is -0.409. The summed E-state index contributed by atoms with van der Waals surface area (Å²) in [5, 5.41) is 5.15. The molecule has 0 unspecified atom stereocenters. The van der Waals surface area contributed by atoms with Crippen molar-refractivity contribution < 1.29 is 14.4 Å². The molecule has 0 aliphatic rings. The second-order valence-corrected chi connectivity index (χ2v) is 6.07. The van der Waals surface area contributed by atoms with Crippen molar-refractivity contribution in [1.82, 2.24) is 10.0 Å². The van der Waals surface area contributed by atoms with E-state index in [4.69, 9.17) is 21.2 Å². The average molecular weight is 372 g/mol. The van der Waals surface area contributed by atoms with Crippen LogP contribution in [0.4, 0.5) is 10.5 Å². The Morgan fingerprint density at radius 2 is 1.92 bits per heavy atom. The fourth-order valence-corrected chi connectivity index (χ4v) is 2.55. The third kappa shape index (κ3) is 4.04. The van der Waals surface area contributed by atoms with Crippen molar-refractivity contribution in [3.05, 3.63) is 59.2 Å². The lowest BCUT2D eigenvalue weighted by Crippen LogP contribution is -2.30. The van der Waals surface area contributed by atoms with E-state index in [1.165, 1.54) is 14.2 Å². The number of amides is 2. The van der Waals surface area contributed by atoms with Gasteiger partial charge in [-0.15, -0.1) is 0 Å². The smallest absolute Gasteiger partial charge is 0.345 e. The third-order valence-corrected chi connectivity index (χ3v) is 4.07. The molecule has 0 spiro atoms. The van der Waals surface area contributed by atoms with E-state index in [0.29, 0.717) is 22.2 Å². The number of hydrogen-bond donors (Lipinski definition) is 1. The molecule has 1 aromatic heterocycles. The van der Waals surface area contributed by atoms with Crippen LogP contribution in [0.25, 0.3) is 10.9 Å². The number of aryl methyl sites for hydroxylation is 1. The van der Waals surface area contributed by atoms with Crippen molar-refractivity contribution in [2.45, 2.75) is 6.92 Å². The molecule has 134 valence electrons. The molecule has 1 N–H and O–H groups in total. The van der Waals surface area contributed by atoms with Gasteiger partial charge in [-0.25, -0.2) is 9.86 Å². The van der Waals surface area contributed by atoms with Crippen LogP contribution in [-0.2, 0) is 4.84 Å². The fraction of sp³-hybridized carbons (Fsp3) is 0.158. The van der Waals surface area contributed by atoms with Crippen LogP contribution in [0, 0.1) is 6.92 Å². The predicted octanol–water partition coefficient (Wildman–Crippen LogP) is 5.01. The van der Waals surface area contributed by atoms with E-state index in [0.717, 1.165) is 21.7 Å². The molecule has 26 heavy (non-hydrogen) atoms. The number of nitrogens with zero attached hydrogens (tertiary/aromatic N) is 2. The molecule has 0 aliphatic heterocycles. The molecule has 2 aromatic carbocycles. The summed E-state index contributed by atoms with van der Waals surface area (Å²) in [6, 6.07) is 14.2. The third-order valence-electron chi connectivity index (χ3n) is 3.77. The molecule has 0 atom stereocenters. The second-order valence-electron chi connectivity index (χ2n) is 5.66. The number of aromatic nitrogens is 1. The van der Waals surface area contributed by atoms with E-state index < -0.39 is 6.03 Å². The highest BCUT2D eigenvalue weighted by atomic mass is 35.5. The van der Waals surface area contributed by atoms with Gasteiger partial charge >= 0.3 is 6.03 Å². The van der Waals surface area contributed by atoms with Crippen molar-refractivity contribution in [3.63, 3.8) is 0 Å². The maximum Gasteiger partial charge on any atom is 0.345 e. The second kappa shape index (κ2) is 7.59. The summed E-state index contributed by atoms with van der Waals surface area (Å²) in [5.74, 6) is 1.12. The molecule has 0 aliphatic carbocycles. The number of benzene rings is 2. The Morgan fingerprint density at radius 1 is 1.15 bits per heavy atom. The van der Waals surface area contributed by atoms with Crippen molar-refractivity contribution in [2.75, 3.05) is 19.5 Å². The van der Waals surface area contributed by atoms with Crippen molar-refractivity contribution >= 4 is 34.2 Å². The minimum Gasteiger partial charge on any atom is -0.456 e. The Balaban J connectivity index is 1.79. The average Bonchev–Trinajstić information content (AvgIpc) is 2.62. The van der Waals surface area contributed by atoms with Gasteiger partial charge in [0.2, 0.25) is 0 Å². The van der Waals surface area contributed by atoms with E-state index in [9.17, 15) is 4.79 Å². The van der Waals surface area contributed by atoms with Crippen molar-refractivity contribution in [3.8, 4) is 11.5 Å². The zero-order valence-electron chi connectivity index (χ0n) is 14.6. The number of anilines is 1. The van der Waals surface area contributed by atoms with Crippen LogP contribution in [-0.4, -0.2) is 30.2 Å². The van der Waals surface area contributed by atoms with Gasteiger partial charge in [0, 0.05) is 29.9 Å². The van der Waals surface area contributed by atoms with Crippen LogP contribution in [0.1, 0.15) is 5.69 Å². The Labute approximate surface area is 156 Å². The summed E-state index contributed by atoms with van der Waals surface area (Å²) >= 11 is 6.28. The molecular formula is C19H18ClN3O3. The SMILES string of the molecule is CON(C)C(=O)Nc1ccc(Oc2ccc3ccc(C)nc3c2)c(Cl)c1. The van der Waals surface area contributed by atoms with Crippen LogP contribution >= 0.6 is 11.6 Å². The number of carbonyl (C=O) groups is 1. The van der Waals surface area contributed by atoms with Crippen molar-refractivity contribution in [1.29, 1.82) is 0 Å². The van der Waals surface area contributed by atoms with Gasteiger partial charge in [0.05, 0.1) is 17.6 Å². The first-order chi connectivity index (χ1) is 12.5. The van der Waals surface area contributed by atoms with Gasteiger partial charge in [-0.05, 0) is 43.3 Å².